The van der Waals surface area contributed by atoms with Crippen molar-refractivity contribution in [3.8, 4) is 0 Å². The van der Waals surface area contributed by atoms with Gasteiger partial charge in [0.25, 0.3) is 5.91 Å². The van der Waals surface area contributed by atoms with Gasteiger partial charge in [0.05, 0.1) is 0 Å². The lowest BCUT2D eigenvalue weighted by atomic mass is 9.86. The van der Waals surface area contributed by atoms with Crippen LogP contribution in [0.2, 0.25) is 0 Å². The molecule has 0 bridgehead atoms. The monoisotopic (exact) mass is 261 g/mol. The molecule has 0 spiro atoms. The smallest absolute Gasteiger partial charge is 0.322 e. The minimum absolute atomic E-state index is 0.324. The molecule has 5 nitrogen and oxygen atoms in total. The summed E-state index contributed by atoms with van der Waals surface area (Å²) in [6, 6.07) is 7.32. The standard InChI is InChI=1S/C14H19N3O2/c1-2-3-10-4-6-11(7-5-10)14(8-9-15)12(18)16-13(19)17-14/h4-7H,2-3,8-9,15H2,1H3,(H2,16,17,18,19). The van der Waals surface area contributed by atoms with Crippen molar-refractivity contribution in [3.63, 3.8) is 0 Å². The fourth-order valence-corrected chi connectivity index (χ4v) is 2.48. The van der Waals surface area contributed by atoms with Crippen molar-refractivity contribution >= 4 is 11.9 Å². The van der Waals surface area contributed by atoms with Crippen molar-refractivity contribution in [2.24, 2.45) is 5.73 Å². The van der Waals surface area contributed by atoms with E-state index in [1.807, 2.05) is 24.3 Å². The van der Waals surface area contributed by atoms with Crippen LogP contribution in [-0.4, -0.2) is 18.5 Å². The molecule has 1 aromatic rings. The molecule has 1 unspecified atom stereocenters. The van der Waals surface area contributed by atoms with E-state index in [1.54, 1.807) is 0 Å². The minimum Gasteiger partial charge on any atom is -0.330 e. The van der Waals surface area contributed by atoms with E-state index >= 15 is 0 Å². The Hall–Kier alpha value is -1.88. The molecule has 0 aromatic heterocycles. The molecule has 5 heteroatoms. The zero-order valence-corrected chi connectivity index (χ0v) is 11.0. The third kappa shape index (κ3) is 2.46. The number of hydrogen-bond donors (Lipinski definition) is 3. The molecule has 0 saturated carbocycles. The second-order valence-electron chi connectivity index (χ2n) is 4.80. The van der Waals surface area contributed by atoms with Crippen LogP contribution in [0.15, 0.2) is 24.3 Å². The van der Waals surface area contributed by atoms with Crippen LogP contribution in [0.25, 0.3) is 0 Å². The first-order chi connectivity index (χ1) is 9.12. The molecule has 4 N–H and O–H groups in total. The van der Waals surface area contributed by atoms with Crippen molar-refractivity contribution in [1.29, 1.82) is 0 Å². The molecule has 1 aromatic carbocycles. The Labute approximate surface area is 112 Å². The van der Waals surface area contributed by atoms with Gasteiger partial charge in [-0.15, -0.1) is 0 Å². The number of amides is 3. The van der Waals surface area contributed by atoms with Crippen molar-refractivity contribution in [1.82, 2.24) is 10.6 Å². The Bertz CT molecular complexity index is 484. The third-order valence-electron chi connectivity index (χ3n) is 3.45. The molecule has 1 aliphatic heterocycles. The summed E-state index contributed by atoms with van der Waals surface area (Å²) in [5.41, 5.74) is 6.57. The molecule has 0 aliphatic carbocycles. The van der Waals surface area contributed by atoms with Gasteiger partial charge in [-0.05, 0) is 30.5 Å². The molecule has 1 saturated heterocycles. The van der Waals surface area contributed by atoms with Crippen LogP contribution in [-0.2, 0) is 16.8 Å². The van der Waals surface area contributed by atoms with Gasteiger partial charge in [-0.2, -0.15) is 0 Å². The van der Waals surface area contributed by atoms with Crippen LogP contribution in [0, 0.1) is 0 Å². The molecule has 1 aliphatic rings. The number of hydrogen-bond acceptors (Lipinski definition) is 3. The Morgan fingerprint density at radius 3 is 2.37 bits per heavy atom. The summed E-state index contributed by atoms with van der Waals surface area (Å²) in [4.78, 5) is 23.5. The fraction of sp³-hybridized carbons (Fsp3) is 0.429. The van der Waals surface area contributed by atoms with Gasteiger partial charge in [0, 0.05) is 0 Å². The number of nitrogens with one attached hydrogen (secondary N) is 2. The number of carbonyl (C=O) groups is 2. The number of carbonyl (C=O) groups excluding carboxylic acids is 2. The van der Waals surface area contributed by atoms with E-state index in [9.17, 15) is 9.59 Å². The number of nitrogens with two attached hydrogens (primary N) is 1. The van der Waals surface area contributed by atoms with E-state index in [0.717, 1.165) is 18.4 Å². The fourth-order valence-electron chi connectivity index (χ4n) is 2.48. The first-order valence-electron chi connectivity index (χ1n) is 6.55. The van der Waals surface area contributed by atoms with Crippen LogP contribution >= 0.6 is 0 Å². The van der Waals surface area contributed by atoms with Gasteiger partial charge in [0.15, 0.2) is 0 Å². The molecule has 1 fully saturated rings. The summed E-state index contributed by atoms with van der Waals surface area (Å²) in [5.74, 6) is -0.328. The highest BCUT2D eigenvalue weighted by Crippen LogP contribution is 2.28. The topological polar surface area (TPSA) is 84.2 Å². The molecule has 1 atom stereocenters. The minimum atomic E-state index is -1.02. The lowest BCUT2D eigenvalue weighted by molar-refractivity contribution is -0.124. The molecular formula is C14H19N3O2. The lowest BCUT2D eigenvalue weighted by Gasteiger charge is -2.26. The quantitative estimate of drug-likeness (QED) is 0.692. The van der Waals surface area contributed by atoms with Crippen LogP contribution in [0.1, 0.15) is 30.9 Å². The highest BCUT2D eigenvalue weighted by Gasteiger charge is 2.46. The second kappa shape index (κ2) is 5.40. The first kappa shape index (κ1) is 13.5. The number of rotatable bonds is 5. The van der Waals surface area contributed by atoms with E-state index in [4.69, 9.17) is 5.73 Å². The number of benzene rings is 1. The molecule has 2 rings (SSSR count). The van der Waals surface area contributed by atoms with Crippen LogP contribution in [0.5, 0.6) is 0 Å². The Kier molecular flexibility index (Phi) is 3.85. The molecule has 102 valence electrons. The number of aryl methyl sites for hydroxylation is 1. The van der Waals surface area contributed by atoms with Gasteiger partial charge < -0.3 is 11.1 Å². The largest absolute Gasteiger partial charge is 0.330 e. The van der Waals surface area contributed by atoms with E-state index in [0.29, 0.717) is 13.0 Å². The van der Waals surface area contributed by atoms with Gasteiger partial charge in [0.2, 0.25) is 0 Å². The van der Waals surface area contributed by atoms with Crippen LogP contribution < -0.4 is 16.4 Å². The van der Waals surface area contributed by atoms with Gasteiger partial charge in [-0.3, -0.25) is 10.1 Å². The average Bonchev–Trinajstić information content (AvgIpc) is 2.67. The first-order valence-corrected chi connectivity index (χ1v) is 6.55. The maximum Gasteiger partial charge on any atom is 0.322 e. The number of urea groups is 1. The summed E-state index contributed by atoms with van der Waals surface area (Å²) in [7, 11) is 0. The van der Waals surface area contributed by atoms with E-state index in [2.05, 4.69) is 17.6 Å². The summed E-state index contributed by atoms with van der Waals surface area (Å²) >= 11 is 0. The summed E-state index contributed by atoms with van der Waals surface area (Å²) in [5, 5.41) is 4.99. The maximum atomic E-state index is 12.1. The predicted molar refractivity (Wildman–Crippen MR) is 72.5 cm³/mol. The zero-order valence-electron chi connectivity index (χ0n) is 11.0. The number of imide groups is 1. The van der Waals surface area contributed by atoms with Gasteiger partial charge in [0.1, 0.15) is 5.54 Å². The van der Waals surface area contributed by atoms with Crippen LogP contribution in [0.4, 0.5) is 4.79 Å². The third-order valence-corrected chi connectivity index (χ3v) is 3.45. The summed E-state index contributed by atoms with van der Waals surface area (Å²) in [6.07, 6.45) is 2.46. The van der Waals surface area contributed by atoms with Crippen molar-refractivity contribution in [3.05, 3.63) is 35.4 Å². The predicted octanol–water partition coefficient (Wildman–Crippen LogP) is 1.02. The summed E-state index contributed by atoms with van der Waals surface area (Å²) in [6.45, 7) is 2.44. The molecular weight excluding hydrogens is 242 g/mol. The Balaban J connectivity index is 2.34. The Morgan fingerprint density at radius 2 is 1.89 bits per heavy atom. The van der Waals surface area contributed by atoms with Gasteiger partial charge in [-0.25, -0.2) is 4.79 Å². The molecule has 19 heavy (non-hydrogen) atoms. The molecule has 1 heterocycles. The highest BCUT2D eigenvalue weighted by atomic mass is 16.2. The van der Waals surface area contributed by atoms with Crippen molar-refractivity contribution < 1.29 is 9.59 Å². The molecule has 0 radical (unpaired) electrons. The van der Waals surface area contributed by atoms with Gasteiger partial charge in [-0.1, -0.05) is 37.6 Å². The van der Waals surface area contributed by atoms with Crippen molar-refractivity contribution in [2.45, 2.75) is 31.7 Å². The average molecular weight is 261 g/mol. The van der Waals surface area contributed by atoms with E-state index in [1.165, 1.54) is 5.56 Å². The van der Waals surface area contributed by atoms with E-state index < -0.39 is 11.6 Å². The Morgan fingerprint density at radius 1 is 1.21 bits per heavy atom. The molecule has 3 amide bonds. The van der Waals surface area contributed by atoms with E-state index in [-0.39, 0.29) is 5.91 Å². The summed E-state index contributed by atoms with van der Waals surface area (Å²) < 4.78 is 0. The van der Waals surface area contributed by atoms with Crippen LogP contribution in [0.3, 0.4) is 0 Å². The highest BCUT2D eigenvalue weighted by molar-refractivity contribution is 6.07. The second-order valence-corrected chi connectivity index (χ2v) is 4.80. The zero-order chi connectivity index (χ0) is 13.9. The SMILES string of the molecule is CCCc1ccc(C2(CCN)NC(=O)NC2=O)cc1. The van der Waals surface area contributed by atoms with Gasteiger partial charge >= 0.3 is 6.03 Å². The lowest BCUT2D eigenvalue weighted by Crippen LogP contribution is -2.45. The maximum absolute atomic E-state index is 12.1. The van der Waals surface area contributed by atoms with Crippen molar-refractivity contribution in [2.75, 3.05) is 6.54 Å². The normalized spacial score (nSPS) is 22.2.